The van der Waals surface area contributed by atoms with Crippen LogP contribution in [0.5, 0.6) is 17.2 Å². The Bertz CT molecular complexity index is 1330. The number of nitrogens with zero attached hydrogens (tertiary/aromatic N) is 3. The molecule has 1 unspecified atom stereocenters. The molecule has 0 bridgehead atoms. The van der Waals surface area contributed by atoms with Crippen molar-refractivity contribution in [1.82, 2.24) is 14.8 Å². The van der Waals surface area contributed by atoms with Gasteiger partial charge in [-0.15, -0.1) is 0 Å². The smallest absolute Gasteiger partial charge is 0.409 e. The summed E-state index contributed by atoms with van der Waals surface area (Å²) in [6, 6.07) is 16.7. The van der Waals surface area contributed by atoms with Gasteiger partial charge in [-0.3, -0.25) is 14.6 Å². The second-order valence-corrected chi connectivity index (χ2v) is 11.0. The molecule has 1 aliphatic rings. The maximum absolute atomic E-state index is 13.5. The molecule has 1 saturated heterocycles. The van der Waals surface area contributed by atoms with Crippen LogP contribution in [-0.4, -0.2) is 86.2 Å². The standard InChI is InChI=1S/C35H43N3O7/c1-42-30-22-28(23-31(43-2)33(30)44-3)32(39)34(40)38-21-8-7-17-29(38)25-45-35(41)37(19-10-15-26-12-5-4-6-13-26)20-11-16-27-14-9-18-36-24-27/h4-6,9,12-14,18,22-24,29H,7-8,10-11,15-17,19-21,25H2,1-3H3. The molecule has 4 rings (SSSR count). The van der Waals surface area contributed by atoms with Crippen LogP contribution < -0.4 is 14.2 Å². The van der Waals surface area contributed by atoms with E-state index in [1.54, 1.807) is 11.1 Å². The van der Waals surface area contributed by atoms with E-state index >= 15 is 0 Å². The van der Waals surface area contributed by atoms with Crippen LogP contribution in [0.4, 0.5) is 4.79 Å². The third-order valence-corrected chi connectivity index (χ3v) is 8.02. The van der Waals surface area contributed by atoms with Gasteiger partial charge in [0.15, 0.2) is 11.5 Å². The molecule has 3 aromatic rings. The lowest BCUT2D eigenvalue weighted by molar-refractivity contribution is -0.131. The number of carbonyl (C=O) groups is 3. The van der Waals surface area contributed by atoms with Gasteiger partial charge in [0.25, 0.3) is 11.7 Å². The molecule has 0 radical (unpaired) electrons. The Balaban J connectivity index is 1.40. The van der Waals surface area contributed by atoms with Crippen LogP contribution in [-0.2, 0) is 22.4 Å². The van der Waals surface area contributed by atoms with E-state index < -0.39 is 23.8 Å². The van der Waals surface area contributed by atoms with E-state index in [0.29, 0.717) is 31.8 Å². The molecule has 0 saturated carbocycles. The van der Waals surface area contributed by atoms with E-state index in [2.05, 4.69) is 17.1 Å². The van der Waals surface area contributed by atoms with Gasteiger partial charge >= 0.3 is 6.09 Å². The van der Waals surface area contributed by atoms with E-state index in [-0.39, 0.29) is 23.7 Å². The van der Waals surface area contributed by atoms with Crippen molar-refractivity contribution < 1.29 is 33.3 Å². The van der Waals surface area contributed by atoms with Gasteiger partial charge in [-0.2, -0.15) is 0 Å². The third-order valence-electron chi connectivity index (χ3n) is 8.02. The summed E-state index contributed by atoms with van der Waals surface area (Å²) in [7, 11) is 4.37. The van der Waals surface area contributed by atoms with Crippen LogP contribution >= 0.6 is 0 Å². The maximum atomic E-state index is 13.5. The molecule has 0 N–H and O–H groups in total. The number of ether oxygens (including phenoxy) is 4. The van der Waals surface area contributed by atoms with Gasteiger partial charge in [0.2, 0.25) is 5.75 Å². The molecule has 0 spiro atoms. The van der Waals surface area contributed by atoms with E-state index in [4.69, 9.17) is 18.9 Å². The molecule has 10 nitrogen and oxygen atoms in total. The third kappa shape index (κ3) is 9.20. The highest BCUT2D eigenvalue weighted by Gasteiger charge is 2.33. The minimum Gasteiger partial charge on any atom is -0.493 e. The number of ketones is 1. The number of methoxy groups -OCH3 is 3. The van der Waals surface area contributed by atoms with Crippen molar-refractivity contribution in [1.29, 1.82) is 0 Å². The molecule has 45 heavy (non-hydrogen) atoms. The number of pyridine rings is 1. The first-order chi connectivity index (χ1) is 21.9. The van der Waals surface area contributed by atoms with Crippen LogP contribution in [0.3, 0.4) is 0 Å². The van der Waals surface area contributed by atoms with Crippen LogP contribution in [0.2, 0.25) is 0 Å². The van der Waals surface area contributed by atoms with Crippen LogP contribution in [0, 0.1) is 0 Å². The Hall–Kier alpha value is -4.60. The van der Waals surface area contributed by atoms with Crippen molar-refractivity contribution in [2.24, 2.45) is 0 Å². The number of piperidine rings is 1. The maximum Gasteiger partial charge on any atom is 0.409 e. The SMILES string of the molecule is COc1cc(C(=O)C(=O)N2CCCCC2COC(=O)N(CCCc2ccccc2)CCCc2cccnc2)cc(OC)c1OC. The zero-order valence-electron chi connectivity index (χ0n) is 26.4. The average Bonchev–Trinajstić information content (AvgIpc) is 3.09. The second-order valence-electron chi connectivity index (χ2n) is 11.0. The average molecular weight is 618 g/mol. The zero-order valence-corrected chi connectivity index (χ0v) is 26.4. The minimum absolute atomic E-state index is 0.0187. The summed E-state index contributed by atoms with van der Waals surface area (Å²) >= 11 is 0. The molecule has 240 valence electrons. The molecule has 2 heterocycles. The van der Waals surface area contributed by atoms with Crippen molar-refractivity contribution in [3.05, 3.63) is 83.7 Å². The van der Waals surface area contributed by atoms with Gasteiger partial charge in [-0.1, -0.05) is 36.4 Å². The predicted octanol–water partition coefficient (Wildman–Crippen LogP) is 5.38. The summed E-state index contributed by atoms with van der Waals surface area (Å²) < 4.78 is 21.9. The van der Waals surface area contributed by atoms with Crippen LogP contribution in [0.25, 0.3) is 0 Å². The molecular formula is C35H43N3O7. The van der Waals surface area contributed by atoms with Crippen molar-refractivity contribution in [2.75, 3.05) is 47.6 Å². The zero-order chi connectivity index (χ0) is 32.0. The van der Waals surface area contributed by atoms with Gasteiger partial charge < -0.3 is 28.7 Å². The molecule has 1 aromatic heterocycles. The first-order valence-corrected chi connectivity index (χ1v) is 15.4. The fourth-order valence-corrected chi connectivity index (χ4v) is 5.60. The number of aromatic nitrogens is 1. The molecule has 1 aliphatic heterocycles. The van der Waals surface area contributed by atoms with Crippen LogP contribution in [0.15, 0.2) is 67.0 Å². The quantitative estimate of drug-likeness (QED) is 0.165. The van der Waals surface area contributed by atoms with Crippen LogP contribution in [0.1, 0.15) is 53.6 Å². The van der Waals surface area contributed by atoms with Gasteiger partial charge in [0.05, 0.1) is 27.4 Å². The Labute approximate surface area is 265 Å². The van der Waals surface area contributed by atoms with Crippen molar-refractivity contribution >= 4 is 17.8 Å². The molecule has 1 atom stereocenters. The monoisotopic (exact) mass is 617 g/mol. The molecule has 10 heteroatoms. The van der Waals surface area contributed by atoms with Crippen molar-refractivity contribution in [2.45, 2.75) is 51.0 Å². The lowest BCUT2D eigenvalue weighted by Gasteiger charge is -2.35. The normalized spacial score (nSPS) is 14.4. The number of rotatable bonds is 15. The summed E-state index contributed by atoms with van der Waals surface area (Å²) in [5, 5.41) is 0. The first kappa shape index (κ1) is 33.3. The first-order valence-electron chi connectivity index (χ1n) is 15.4. The Kier molecular flexibility index (Phi) is 12.6. The number of likely N-dealkylation sites (tertiary alicyclic amines) is 1. The van der Waals surface area contributed by atoms with Gasteiger partial charge in [-0.25, -0.2) is 4.79 Å². The predicted molar refractivity (Wildman–Crippen MR) is 170 cm³/mol. The molecule has 2 aromatic carbocycles. The second kappa shape index (κ2) is 17.0. The fourth-order valence-electron chi connectivity index (χ4n) is 5.60. The van der Waals surface area contributed by atoms with E-state index in [1.807, 2.05) is 36.5 Å². The highest BCUT2D eigenvalue weighted by atomic mass is 16.6. The highest BCUT2D eigenvalue weighted by Crippen LogP contribution is 2.38. The van der Waals surface area contributed by atoms with Crippen molar-refractivity contribution in [3.8, 4) is 17.2 Å². The number of hydrogen-bond acceptors (Lipinski definition) is 8. The van der Waals surface area contributed by atoms with E-state index in [9.17, 15) is 14.4 Å². The van der Waals surface area contributed by atoms with Crippen molar-refractivity contribution in [3.63, 3.8) is 0 Å². The number of Topliss-reactive ketones (excluding diaryl/α,β-unsaturated/α-hetero) is 1. The number of aryl methyl sites for hydroxylation is 2. The Morgan fingerprint density at radius 3 is 2.16 bits per heavy atom. The summed E-state index contributed by atoms with van der Waals surface area (Å²) in [5.74, 6) is -0.437. The molecule has 0 aliphatic carbocycles. The summed E-state index contributed by atoms with van der Waals surface area (Å²) in [6.45, 7) is 1.51. The topological polar surface area (TPSA) is 108 Å². The van der Waals surface area contributed by atoms with E-state index in [1.165, 1.54) is 43.9 Å². The van der Waals surface area contributed by atoms with E-state index in [0.717, 1.165) is 44.1 Å². The molecule has 1 fully saturated rings. The van der Waals surface area contributed by atoms with Gasteiger partial charge in [0, 0.05) is 37.6 Å². The number of hydrogen-bond donors (Lipinski definition) is 0. The van der Waals surface area contributed by atoms with Gasteiger partial charge in [0.1, 0.15) is 6.61 Å². The number of benzene rings is 2. The summed E-state index contributed by atoms with van der Waals surface area (Å²) in [5.41, 5.74) is 2.46. The van der Waals surface area contributed by atoms with Gasteiger partial charge in [-0.05, 0) is 74.3 Å². The fraction of sp³-hybridized carbons (Fsp3) is 0.429. The highest BCUT2D eigenvalue weighted by molar-refractivity contribution is 6.43. The summed E-state index contributed by atoms with van der Waals surface area (Å²) in [6.07, 6.45) is 8.65. The lowest BCUT2D eigenvalue weighted by Crippen LogP contribution is -2.49. The molecule has 2 amide bonds. The lowest BCUT2D eigenvalue weighted by atomic mass is 10.0. The molecular weight excluding hydrogens is 574 g/mol. The number of amides is 2. The summed E-state index contributed by atoms with van der Waals surface area (Å²) in [4.78, 5) is 47.7. The Morgan fingerprint density at radius 1 is 0.867 bits per heavy atom. The minimum atomic E-state index is -0.689. The largest absolute Gasteiger partial charge is 0.493 e. The number of carbonyl (C=O) groups excluding carboxylic acids is 3. The Morgan fingerprint density at radius 2 is 1.53 bits per heavy atom.